The zero-order valence-corrected chi connectivity index (χ0v) is 7.49. The third-order valence-electron chi connectivity index (χ3n) is 1.62. The number of alkyl halides is 1. The van der Waals surface area contributed by atoms with Crippen molar-refractivity contribution in [2.45, 2.75) is 26.1 Å². The van der Waals surface area contributed by atoms with Gasteiger partial charge in [0.25, 0.3) is 0 Å². The first kappa shape index (κ1) is 9.70. The zero-order valence-electron chi connectivity index (χ0n) is 7.49. The maximum Gasteiger partial charge on any atom is 0.325 e. The van der Waals surface area contributed by atoms with Crippen LogP contribution in [0.25, 0.3) is 0 Å². The largest absolute Gasteiger partial charge is 0.480 e. The van der Waals surface area contributed by atoms with Crippen molar-refractivity contribution in [3.8, 4) is 0 Å². The molecule has 0 saturated heterocycles. The summed E-state index contributed by atoms with van der Waals surface area (Å²) in [5.41, 5.74) is -1.09. The fraction of sp³-hybridized carbons (Fsp3) is 0.500. The molecular weight excluding hydrogens is 175 g/mol. The summed E-state index contributed by atoms with van der Waals surface area (Å²) in [6, 6.07) is 0. The summed E-state index contributed by atoms with van der Waals surface area (Å²) < 4.78 is 14.5. The van der Waals surface area contributed by atoms with Gasteiger partial charge in [-0.05, 0) is 13.8 Å². The lowest BCUT2D eigenvalue weighted by Gasteiger charge is -2.09. The molecule has 0 radical (unpaired) electrons. The van der Waals surface area contributed by atoms with E-state index in [-0.39, 0.29) is 6.54 Å². The Hall–Kier alpha value is -1.39. The molecule has 0 atom stereocenters. The van der Waals surface area contributed by atoms with E-state index in [1.54, 1.807) is 0 Å². The molecule has 5 heteroatoms. The number of halogens is 1. The third kappa shape index (κ3) is 2.54. The highest BCUT2D eigenvalue weighted by atomic mass is 19.1. The van der Waals surface area contributed by atoms with E-state index in [2.05, 4.69) is 5.10 Å². The summed E-state index contributed by atoms with van der Waals surface area (Å²) in [6.07, 6.45) is 2.73. The third-order valence-corrected chi connectivity index (χ3v) is 1.62. The van der Waals surface area contributed by atoms with Crippen molar-refractivity contribution in [3.05, 3.63) is 18.0 Å². The van der Waals surface area contributed by atoms with Gasteiger partial charge in [-0.2, -0.15) is 5.10 Å². The van der Waals surface area contributed by atoms with Gasteiger partial charge in [0.1, 0.15) is 12.2 Å². The number of carbonyl (C=O) groups is 1. The van der Waals surface area contributed by atoms with E-state index < -0.39 is 11.6 Å². The van der Waals surface area contributed by atoms with Crippen LogP contribution in [0, 0.1) is 0 Å². The van der Waals surface area contributed by atoms with Crippen LogP contribution in [0.3, 0.4) is 0 Å². The Morgan fingerprint density at radius 3 is 2.77 bits per heavy atom. The molecule has 0 fully saturated rings. The molecule has 1 aromatic heterocycles. The Balaban J connectivity index is 2.81. The number of rotatable bonds is 3. The minimum atomic E-state index is -1.48. The molecule has 0 amide bonds. The predicted molar refractivity (Wildman–Crippen MR) is 44.0 cm³/mol. The molecule has 0 unspecified atom stereocenters. The number of nitrogens with zero attached hydrogens (tertiary/aromatic N) is 2. The van der Waals surface area contributed by atoms with Crippen LogP contribution in [0.1, 0.15) is 19.4 Å². The molecule has 0 bridgehead atoms. The highest BCUT2D eigenvalue weighted by molar-refractivity contribution is 5.66. The van der Waals surface area contributed by atoms with Crippen LogP contribution in [0.5, 0.6) is 0 Å². The highest BCUT2D eigenvalue weighted by Crippen LogP contribution is 2.23. The van der Waals surface area contributed by atoms with Crippen molar-refractivity contribution in [2.24, 2.45) is 0 Å². The van der Waals surface area contributed by atoms with Crippen molar-refractivity contribution >= 4 is 5.97 Å². The van der Waals surface area contributed by atoms with E-state index in [0.717, 1.165) is 0 Å². The van der Waals surface area contributed by atoms with Gasteiger partial charge in [0, 0.05) is 11.8 Å². The molecule has 0 aliphatic carbocycles. The molecule has 4 nitrogen and oxygen atoms in total. The fourth-order valence-electron chi connectivity index (χ4n) is 0.896. The zero-order chi connectivity index (χ0) is 10.1. The molecule has 0 aliphatic rings. The van der Waals surface area contributed by atoms with Gasteiger partial charge >= 0.3 is 5.97 Å². The van der Waals surface area contributed by atoms with E-state index in [4.69, 9.17) is 5.11 Å². The molecule has 1 N–H and O–H groups in total. The van der Waals surface area contributed by atoms with Gasteiger partial charge in [0.2, 0.25) is 0 Å². The second kappa shape index (κ2) is 3.16. The van der Waals surface area contributed by atoms with Crippen molar-refractivity contribution in [1.82, 2.24) is 9.78 Å². The van der Waals surface area contributed by atoms with Crippen molar-refractivity contribution in [1.29, 1.82) is 0 Å². The molecule has 1 heterocycles. The number of hydrogen-bond acceptors (Lipinski definition) is 2. The summed E-state index contributed by atoms with van der Waals surface area (Å²) in [7, 11) is 0. The lowest BCUT2D eigenvalue weighted by atomic mass is 10.1. The standard InChI is InChI=1S/C8H11FN2O2/c1-8(2,9)6-3-10-11(4-6)5-7(12)13/h3-4H,5H2,1-2H3,(H,12,13). The van der Waals surface area contributed by atoms with Gasteiger partial charge in [0.15, 0.2) is 0 Å². The average molecular weight is 186 g/mol. The lowest BCUT2D eigenvalue weighted by molar-refractivity contribution is -0.137. The first-order valence-corrected chi connectivity index (χ1v) is 3.83. The molecule has 0 spiro atoms. The Morgan fingerprint density at radius 2 is 2.38 bits per heavy atom. The van der Waals surface area contributed by atoms with Gasteiger partial charge in [0.05, 0.1) is 6.20 Å². The quantitative estimate of drug-likeness (QED) is 0.770. The summed E-state index contributed by atoms with van der Waals surface area (Å²) in [4.78, 5) is 10.3. The summed E-state index contributed by atoms with van der Waals surface area (Å²) in [5, 5.41) is 12.1. The maximum absolute atomic E-state index is 13.3. The average Bonchev–Trinajstić information content (AvgIpc) is 2.32. The smallest absolute Gasteiger partial charge is 0.325 e. The van der Waals surface area contributed by atoms with Crippen LogP contribution in [-0.2, 0) is 17.0 Å². The van der Waals surface area contributed by atoms with Crippen LogP contribution in [0.2, 0.25) is 0 Å². The van der Waals surface area contributed by atoms with E-state index in [1.165, 1.54) is 30.9 Å². The number of aromatic nitrogens is 2. The van der Waals surface area contributed by atoms with Gasteiger partial charge in [-0.3, -0.25) is 9.48 Å². The van der Waals surface area contributed by atoms with Crippen LogP contribution in [0.15, 0.2) is 12.4 Å². The number of carboxylic acids is 1. The summed E-state index contributed by atoms with van der Waals surface area (Å²) in [5.74, 6) is -0.994. The normalized spacial score (nSPS) is 11.6. The monoisotopic (exact) mass is 186 g/mol. The minimum absolute atomic E-state index is 0.240. The molecule has 1 rings (SSSR count). The molecule has 0 aliphatic heterocycles. The Morgan fingerprint density at radius 1 is 1.77 bits per heavy atom. The van der Waals surface area contributed by atoms with E-state index >= 15 is 0 Å². The molecule has 0 saturated carbocycles. The van der Waals surface area contributed by atoms with Gasteiger partial charge in [-0.1, -0.05) is 0 Å². The molecular formula is C8H11FN2O2. The van der Waals surface area contributed by atoms with Gasteiger partial charge in [-0.15, -0.1) is 0 Å². The van der Waals surface area contributed by atoms with E-state index in [9.17, 15) is 9.18 Å². The van der Waals surface area contributed by atoms with E-state index in [1.807, 2.05) is 0 Å². The molecule has 0 aromatic carbocycles. The topological polar surface area (TPSA) is 55.1 Å². The summed E-state index contributed by atoms with van der Waals surface area (Å²) >= 11 is 0. The first-order valence-electron chi connectivity index (χ1n) is 3.83. The first-order chi connectivity index (χ1) is 5.89. The SMILES string of the molecule is CC(C)(F)c1cnn(CC(=O)O)c1. The van der Waals surface area contributed by atoms with Crippen molar-refractivity contribution in [2.75, 3.05) is 0 Å². The minimum Gasteiger partial charge on any atom is -0.480 e. The van der Waals surface area contributed by atoms with Crippen molar-refractivity contribution in [3.63, 3.8) is 0 Å². The maximum atomic E-state index is 13.3. The van der Waals surface area contributed by atoms with Gasteiger partial charge < -0.3 is 5.11 Å². The van der Waals surface area contributed by atoms with Gasteiger partial charge in [-0.25, -0.2) is 4.39 Å². The summed E-state index contributed by atoms with van der Waals surface area (Å²) in [6.45, 7) is 2.56. The number of aliphatic carboxylic acids is 1. The molecule has 72 valence electrons. The second-order valence-corrected chi connectivity index (χ2v) is 3.29. The fourth-order valence-corrected chi connectivity index (χ4v) is 0.896. The van der Waals surface area contributed by atoms with Crippen LogP contribution < -0.4 is 0 Å². The number of carboxylic acid groups (broad SMARTS) is 1. The molecule has 13 heavy (non-hydrogen) atoms. The highest BCUT2D eigenvalue weighted by Gasteiger charge is 2.20. The molecule has 1 aromatic rings. The van der Waals surface area contributed by atoms with Crippen molar-refractivity contribution < 1.29 is 14.3 Å². The van der Waals surface area contributed by atoms with E-state index in [0.29, 0.717) is 5.56 Å². The van der Waals surface area contributed by atoms with Crippen LogP contribution >= 0.6 is 0 Å². The second-order valence-electron chi connectivity index (χ2n) is 3.29. The Labute approximate surface area is 75.0 Å². The Bertz CT molecular complexity index is 314. The number of hydrogen-bond donors (Lipinski definition) is 1. The lowest BCUT2D eigenvalue weighted by Crippen LogP contribution is -2.10. The Kier molecular flexibility index (Phi) is 2.36. The van der Waals surface area contributed by atoms with Crippen LogP contribution in [-0.4, -0.2) is 20.9 Å². The van der Waals surface area contributed by atoms with Crippen LogP contribution in [0.4, 0.5) is 4.39 Å². The predicted octanol–water partition coefficient (Wildman–Crippen LogP) is 1.17.